The summed E-state index contributed by atoms with van der Waals surface area (Å²) in [5.74, 6) is -1.24. The monoisotopic (exact) mass is 477 g/mol. The molecule has 1 spiro atoms. The third kappa shape index (κ3) is 4.45. The van der Waals surface area contributed by atoms with Crippen LogP contribution in [0.3, 0.4) is 0 Å². The van der Waals surface area contributed by atoms with E-state index in [1.54, 1.807) is 29.2 Å². The Morgan fingerprint density at radius 3 is 2.51 bits per heavy atom. The second kappa shape index (κ2) is 8.29. The number of amides is 1. The Morgan fingerprint density at radius 2 is 1.83 bits per heavy atom. The van der Waals surface area contributed by atoms with Crippen LogP contribution in [0, 0.1) is 17.2 Å². The van der Waals surface area contributed by atoms with E-state index >= 15 is 0 Å². The maximum absolute atomic E-state index is 14.6. The van der Waals surface area contributed by atoms with Crippen LogP contribution in [-0.4, -0.2) is 45.7 Å². The lowest BCUT2D eigenvalue weighted by Crippen LogP contribution is -2.64. The Labute approximate surface area is 202 Å². The largest absolute Gasteiger partial charge is 0.460 e. The second-order valence-corrected chi connectivity index (χ2v) is 10.8. The first kappa shape index (κ1) is 23.2. The Balaban J connectivity index is 1.26. The van der Waals surface area contributed by atoms with E-state index in [1.807, 2.05) is 32.9 Å². The number of fused-ring (bicyclic) bond motifs is 1. The Bertz CT molecular complexity index is 1380. The topological polar surface area (TPSA) is 92.4 Å². The lowest BCUT2D eigenvalue weighted by Gasteiger charge is -2.58. The number of likely N-dealkylation sites (tertiary alicyclic amines) is 1. The predicted molar refractivity (Wildman–Crippen MR) is 128 cm³/mol. The standard InChI is InChI=1S/C27H28FN3O4/c1-26(2,3)35-25(34)17-12-27(13-17)14-31(15-27)24(33)20-10-16(8-9-21(20)28)11-22-18-6-4-5-7-19(18)23(32)30-29-22/h4-10,17H,11-15H2,1-3H3,(H,30,32). The second-order valence-electron chi connectivity index (χ2n) is 10.8. The van der Waals surface area contributed by atoms with Gasteiger partial charge in [-0.3, -0.25) is 14.4 Å². The summed E-state index contributed by atoms with van der Waals surface area (Å²) in [5, 5.41) is 7.94. The Kier molecular flexibility index (Phi) is 5.49. The van der Waals surface area contributed by atoms with Crippen LogP contribution in [0.25, 0.3) is 10.8 Å². The highest BCUT2D eigenvalue weighted by Crippen LogP contribution is 2.52. The number of nitrogens with one attached hydrogen (secondary N) is 1. The summed E-state index contributed by atoms with van der Waals surface area (Å²) >= 11 is 0. The van der Waals surface area contributed by atoms with Gasteiger partial charge in [-0.25, -0.2) is 9.49 Å². The van der Waals surface area contributed by atoms with Crippen molar-refractivity contribution >= 4 is 22.6 Å². The van der Waals surface area contributed by atoms with Gasteiger partial charge in [0.25, 0.3) is 11.5 Å². The van der Waals surface area contributed by atoms with Gasteiger partial charge < -0.3 is 9.64 Å². The van der Waals surface area contributed by atoms with Gasteiger partial charge in [0, 0.05) is 30.3 Å². The molecule has 2 aliphatic rings. The van der Waals surface area contributed by atoms with E-state index in [0.717, 1.165) is 10.9 Å². The molecule has 182 valence electrons. The van der Waals surface area contributed by atoms with Crippen molar-refractivity contribution in [1.29, 1.82) is 0 Å². The average Bonchev–Trinajstić information content (AvgIpc) is 2.74. The highest BCUT2D eigenvalue weighted by atomic mass is 19.1. The van der Waals surface area contributed by atoms with Gasteiger partial charge in [-0.2, -0.15) is 5.10 Å². The van der Waals surface area contributed by atoms with Crippen molar-refractivity contribution in [3.8, 4) is 0 Å². The van der Waals surface area contributed by atoms with Gasteiger partial charge in [-0.05, 0) is 57.4 Å². The summed E-state index contributed by atoms with van der Waals surface area (Å²) < 4.78 is 20.1. The summed E-state index contributed by atoms with van der Waals surface area (Å²) in [6.07, 6.45) is 1.73. The molecular formula is C27H28FN3O4. The molecule has 1 aliphatic carbocycles. The molecule has 0 bridgehead atoms. The molecule has 2 heterocycles. The minimum absolute atomic E-state index is 0.0223. The van der Waals surface area contributed by atoms with Crippen LogP contribution in [0.2, 0.25) is 0 Å². The van der Waals surface area contributed by atoms with E-state index < -0.39 is 11.4 Å². The van der Waals surface area contributed by atoms with Crippen molar-refractivity contribution in [1.82, 2.24) is 15.1 Å². The number of rotatable bonds is 4. The Hall–Kier alpha value is -3.55. The van der Waals surface area contributed by atoms with Gasteiger partial charge >= 0.3 is 5.97 Å². The first-order valence-electron chi connectivity index (χ1n) is 11.8. The Morgan fingerprint density at radius 1 is 1.14 bits per heavy atom. The normalized spacial score (nSPS) is 17.2. The van der Waals surface area contributed by atoms with Crippen molar-refractivity contribution in [2.45, 2.75) is 45.6 Å². The number of H-pyrrole nitrogens is 1. The fraction of sp³-hybridized carbons (Fsp3) is 0.407. The molecule has 1 amide bonds. The van der Waals surface area contributed by atoms with Crippen molar-refractivity contribution in [2.75, 3.05) is 13.1 Å². The van der Waals surface area contributed by atoms with Crippen LogP contribution < -0.4 is 5.56 Å². The molecule has 0 radical (unpaired) electrons. The number of nitrogens with zero attached hydrogens (tertiary/aromatic N) is 2. The molecule has 1 aliphatic heterocycles. The number of hydrogen-bond acceptors (Lipinski definition) is 5. The maximum atomic E-state index is 14.6. The molecule has 1 N–H and O–H groups in total. The summed E-state index contributed by atoms with van der Waals surface area (Å²) in [6, 6.07) is 11.7. The number of carbonyl (C=O) groups is 2. The van der Waals surface area contributed by atoms with Crippen LogP contribution in [0.15, 0.2) is 47.3 Å². The molecule has 1 aromatic heterocycles. The van der Waals surface area contributed by atoms with Crippen molar-refractivity contribution in [2.24, 2.45) is 11.3 Å². The molecule has 35 heavy (non-hydrogen) atoms. The SMILES string of the molecule is CC(C)(C)OC(=O)C1CC2(C1)CN(C(=O)c1cc(Cc3n[nH]c(=O)c4ccccc34)ccc1F)C2. The fourth-order valence-corrected chi connectivity index (χ4v) is 5.22. The first-order chi connectivity index (χ1) is 16.5. The minimum Gasteiger partial charge on any atom is -0.460 e. The predicted octanol–water partition coefficient (Wildman–Crippen LogP) is 3.85. The number of carbonyl (C=O) groups excluding carboxylic acids is 2. The quantitative estimate of drug-likeness (QED) is 0.577. The van der Waals surface area contributed by atoms with Crippen molar-refractivity contribution in [3.05, 3.63) is 75.5 Å². The van der Waals surface area contributed by atoms with E-state index in [9.17, 15) is 18.8 Å². The van der Waals surface area contributed by atoms with E-state index in [2.05, 4.69) is 10.2 Å². The molecule has 0 atom stereocenters. The number of hydrogen-bond donors (Lipinski definition) is 1. The number of aromatic amines is 1. The van der Waals surface area contributed by atoms with Gasteiger partial charge in [-0.15, -0.1) is 0 Å². The van der Waals surface area contributed by atoms with Crippen molar-refractivity contribution < 1.29 is 18.7 Å². The molecule has 1 saturated heterocycles. The molecule has 5 rings (SSSR count). The molecular weight excluding hydrogens is 449 g/mol. The van der Waals surface area contributed by atoms with Gasteiger partial charge in [-0.1, -0.05) is 24.3 Å². The molecule has 2 aromatic carbocycles. The number of aromatic nitrogens is 2. The van der Waals surface area contributed by atoms with Gasteiger partial charge in [0.2, 0.25) is 0 Å². The lowest BCUT2D eigenvalue weighted by atomic mass is 9.57. The summed E-state index contributed by atoms with van der Waals surface area (Å²) in [5.41, 5.74) is 0.550. The molecule has 1 saturated carbocycles. The summed E-state index contributed by atoms with van der Waals surface area (Å²) in [6.45, 7) is 6.58. The van der Waals surface area contributed by atoms with E-state index in [1.165, 1.54) is 6.07 Å². The third-order valence-electron chi connectivity index (χ3n) is 6.85. The molecule has 7 nitrogen and oxygen atoms in total. The average molecular weight is 478 g/mol. The highest BCUT2D eigenvalue weighted by Gasteiger charge is 2.56. The highest BCUT2D eigenvalue weighted by molar-refractivity contribution is 5.95. The molecule has 2 fully saturated rings. The smallest absolute Gasteiger partial charge is 0.309 e. The lowest BCUT2D eigenvalue weighted by molar-refractivity contribution is -0.174. The van der Waals surface area contributed by atoms with Crippen molar-refractivity contribution in [3.63, 3.8) is 0 Å². The van der Waals surface area contributed by atoms with Crippen LogP contribution in [0.5, 0.6) is 0 Å². The zero-order valence-corrected chi connectivity index (χ0v) is 20.1. The molecule has 8 heteroatoms. The van der Waals surface area contributed by atoms with Crippen LogP contribution in [0.1, 0.15) is 55.2 Å². The zero-order chi connectivity index (χ0) is 25.0. The van der Waals surface area contributed by atoms with E-state index in [-0.39, 0.29) is 34.3 Å². The van der Waals surface area contributed by atoms with E-state index in [0.29, 0.717) is 43.4 Å². The molecule has 3 aromatic rings. The third-order valence-corrected chi connectivity index (χ3v) is 6.85. The number of benzene rings is 2. The maximum Gasteiger partial charge on any atom is 0.309 e. The zero-order valence-electron chi connectivity index (χ0n) is 20.1. The van der Waals surface area contributed by atoms with E-state index in [4.69, 9.17) is 4.74 Å². The number of halogens is 1. The van der Waals surface area contributed by atoms with Crippen LogP contribution in [-0.2, 0) is 16.0 Å². The number of ether oxygens (including phenoxy) is 1. The van der Waals surface area contributed by atoms with Crippen LogP contribution in [0.4, 0.5) is 4.39 Å². The van der Waals surface area contributed by atoms with Gasteiger partial charge in [0.15, 0.2) is 0 Å². The van der Waals surface area contributed by atoms with Gasteiger partial charge in [0.1, 0.15) is 11.4 Å². The summed E-state index contributed by atoms with van der Waals surface area (Å²) in [7, 11) is 0. The number of esters is 1. The fourth-order valence-electron chi connectivity index (χ4n) is 5.22. The molecule has 0 unspecified atom stereocenters. The summed E-state index contributed by atoms with van der Waals surface area (Å²) in [4.78, 5) is 39.0. The van der Waals surface area contributed by atoms with Crippen LogP contribution >= 0.6 is 0 Å². The van der Waals surface area contributed by atoms with Gasteiger partial charge in [0.05, 0.1) is 22.6 Å². The minimum atomic E-state index is -0.570. The first-order valence-corrected chi connectivity index (χ1v) is 11.8.